The van der Waals surface area contributed by atoms with Crippen molar-refractivity contribution >= 4 is 9.84 Å². The molecule has 1 rings (SSSR count). The molecule has 6 heteroatoms. The number of pyridine rings is 1. The summed E-state index contributed by atoms with van der Waals surface area (Å²) in [5.74, 6) is 0.617. The summed E-state index contributed by atoms with van der Waals surface area (Å²) in [6.45, 7) is 1.62. The molecule has 0 saturated carbocycles. The molecule has 1 atom stereocenters. The Balaban J connectivity index is 2.58. The molecule has 0 aromatic carbocycles. The van der Waals surface area contributed by atoms with Gasteiger partial charge in [-0.1, -0.05) is 6.92 Å². The molecule has 18 heavy (non-hydrogen) atoms. The van der Waals surface area contributed by atoms with E-state index < -0.39 is 15.9 Å². The molecule has 1 N–H and O–H groups in total. The summed E-state index contributed by atoms with van der Waals surface area (Å²) in [5.41, 5.74) is 0.592. The van der Waals surface area contributed by atoms with E-state index in [2.05, 4.69) is 4.98 Å². The number of hydrogen-bond acceptors (Lipinski definition) is 5. The molecule has 1 aromatic heterocycles. The summed E-state index contributed by atoms with van der Waals surface area (Å²) in [4.78, 5) is 3.99. The van der Waals surface area contributed by atoms with Crippen LogP contribution in [0.25, 0.3) is 0 Å². The quantitative estimate of drug-likeness (QED) is 0.811. The summed E-state index contributed by atoms with van der Waals surface area (Å²) in [7, 11) is -1.48. The molecule has 0 aliphatic carbocycles. The molecule has 0 saturated heterocycles. The van der Waals surface area contributed by atoms with Crippen molar-refractivity contribution in [3.8, 4) is 5.88 Å². The molecule has 0 spiro atoms. The molecule has 0 fully saturated rings. The fourth-order valence-corrected chi connectivity index (χ4v) is 2.52. The summed E-state index contributed by atoms with van der Waals surface area (Å²) < 4.78 is 27.7. The van der Waals surface area contributed by atoms with Gasteiger partial charge in [0.05, 0.1) is 19.0 Å². The molecule has 0 radical (unpaired) electrons. The normalized spacial score (nSPS) is 13.3. The monoisotopic (exact) mass is 273 g/mol. The van der Waals surface area contributed by atoms with Gasteiger partial charge in [-0.25, -0.2) is 13.4 Å². The maximum atomic E-state index is 11.3. The van der Waals surface area contributed by atoms with E-state index in [1.165, 1.54) is 7.11 Å². The Hall–Kier alpha value is -1.14. The van der Waals surface area contributed by atoms with E-state index in [1.54, 1.807) is 25.3 Å². The van der Waals surface area contributed by atoms with Crippen molar-refractivity contribution in [1.82, 2.24) is 4.98 Å². The summed E-state index contributed by atoms with van der Waals surface area (Å²) >= 11 is 0. The molecule has 102 valence electrons. The second kappa shape index (κ2) is 6.70. The third-order valence-corrected chi connectivity index (χ3v) is 4.52. The number of methoxy groups -OCH3 is 1. The van der Waals surface area contributed by atoms with Crippen LogP contribution < -0.4 is 4.74 Å². The standard InChI is InChI=1S/C12H19NO4S/c1-3-18(15,16)9-5-7-11(14)10-6-4-8-13-12(10)17-2/h4,6,8,11,14H,3,5,7,9H2,1-2H3. The molecule has 0 bridgehead atoms. The van der Waals surface area contributed by atoms with Crippen molar-refractivity contribution in [2.75, 3.05) is 18.6 Å². The smallest absolute Gasteiger partial charge is 0.218 e. The molecule has 1 unspecified atom stereocenters. The van der Waals surface area contributed by atoms with Crippen LogP contribution in [0.15, 0.2) is 18.3 Å². The number of hydrogen-bond donors (Lipinski definition) is 1. The second-order valence-electron chi connectivity index (χ2n) is 4.00. The molecule has 1 heterocycles. The first-order valence-electron chi connectivity index (χ1n) is 5.87. The fourth-order valence-electron chi connectivity index (χ4n) is 1.62. The van der Waals surface area contributed by atoms with E-state index in [-0.39, 0.29) is 11.5 Å². The Morgan fingerprint density at radius 3 is 2.83 bits per heavy atom. The van der Waals surface area contributed by atoms with Gasteiger partial charge < -0.3 is 9.84 Å². The van der Waals surface area contributed by atoms with Gasteiger partial charge in [0.1, 0.15) is 9.84 Å². The van der Waals surface area contributed by atoms with Gasteiger partial charge in [-0.15, -0.1) is 0 Å². The fraction of sp³-hybridized carbons (Fsp3) is 0.583. The summed E-state index contributed by atoms with van der Waals surface area (Å²) in [6.07, 6.45) is 1.63. The second-order valence-corrected chi connectivity index (χ2v) is 6.47. The predicted octanol–water partition coefficient (Wildman–Crippen LogP) is 1.34. The van der Waals surface area contributed by atoms with Crippen LogP contribution in [0.1, 0.15) is 31.4 Å². The van der Waals surface area contributed by atoms with Crippen LogP contribution in [0, 0.1) is 0 Å². The lowest BCUT2D eigenvalue weighted by Crippen LogP contribution is -2.10. The minimum atomic E-state index is -2.97. The van der Waals surface area contributed by atoms with Crippen molar-refractivity contribution < 1.29 is 18.3 Å². The van der Waals surface area contributed by atoms with Gasteiger partial charge in [0, 0.05) is 17.5 Å². The highest BCUT2D eigenvalue weighted by Gasteiger charge is 2.15. The van der Waals surface area contributed by atoms with Crippen LogP contribution in [-0.4, -0.2) is 37.1 Å². The Morgan fingerprint density at radius 1 is 1.50 bits per heavy atom. The van der Waals surface area contributed by atoms with Gasteiger partial charge in [-0.3, -0.25) is 0 Å². The Labute approximate surface area is 108 Å². The zero-order valence-corrected chi connectivity index (χ0v) is 11.5. The first kappa shape index (κ1) is 14.9. The largest absolute Gasteiger partial charge is 0.481 e. The lowest BCUT2D eigenvalue weighted by molar-refractivity contribution is 0.161. The number of aliphatic hydroxyl groups excluding tert-OH is 1. The molecular weight excluding hydrogens is 254 g/mol. The van der Waals surface area contributed by atoms with Crippen LogP contribution in [0.5, 0.6) is 5.88 Å². The van der Waals surface area contributed by atoms with Gasteiger partial charge in [0.15, 0.2) is 0 Å². The van der Waals surface area contributed by atoms with Crippen molar-refractivity contribution in [3.05, 3.63) is 23.9 Å². The summed E-state index contributed by atoms with van der Waals surface area (Å²) in [5, 5.41) is 9.99. The predicted molar refractivity (Wildman–Crippen MR) is 69.3 cm³/mol. The highest BCUT2D eigenvalue weighted by Crippen LogP contribution is 2.25. The van der Waals surface area contributed by atoms with E-state index in [0.29, 0.717) is 24.3 Å². The lowest BCUT2D eigenvalue weighted by atomic mass is 10.1. The third-order valence-electron chi connectivity index (χ3n) is 2.73. The minimum absolute atomic E-state index is 0.100. The number of ether oxygens (including phenoxy) is 1. The molecule has 0 aliphatic heterocycles. The van der Waals surface area contributed by atoms with Crippen molar-refractivity contribution in [1.29, 1.82) is 0 Å². The molecule has 5 nitrogen and oxygen atoms in total. The molecule has 0 amide bonds. The number of aliphatic hydroxyl groups is 1. The molecular formula is C12H19NO4S. The zero-order chi connectivity index (χ0) is 13.6. The van der Waals surface area contributed by atoms with Gasteiger partial charge in [-0.2, -0.15) is 0 Å². The maximum Gasteiger partial charge on any atom is 0.218 e. The van der Waals surface area contributed by atoms with E-state index in [9.17, 15) is 13.5 Å². The highest BCUT2D eigenvalue weighted by atomic mass is 32.2. The number of rotatable bonds is 7. The molecule has 0 aliphatic rings. The Kier molecular flexibility index (Phi) is 5.55. The van der Waals surface area contributed by atoms with Crippen LogP contribution in [0.3, 0.4) is 0 Å². The van der Waals surface area contributed by atoms with Gasteiger partial charge in [0.2, 0.25) is 5.88 Å². The number of sulfone groups is 1. The van der Waals surface area contributed by atoms with E-state index in [0.717, 1.165) is 0 Å². The number of aromatic nitrogens is 1. The average Bonchev–Trinajstić information content (AvgIpc) is 2.38. The third kappa shape index (κ3) is 4.27. The highest BCUT2D eigenvalue weighted by molar-refractivity contribution is 7.91. The van der Waals surface area contributed by atoms with Crippen molar-refractivity contribution in [2.24, 2.45) is 0 Å². The van der Waals surface area contributed by atoms with Crippen molar-refractivity contribution in [3.63, 3.8) is 0 Å². The number of nitrogens with zero attached hydrogens (tertiary/aromatic N) is 1. The Bertz CT molecular complexity index is 473. The SMILES string of the molecule is CCS(=O)(=O)CCCC(O)c1cccnc1OC. The Morgan fingerprint density at radius 2 is 2.22 bits per heavy atom. The van der Waals surface area contributed by atoms with Crippen LogP contribution in [0.2, 0.25) is 0 Å². The van der Waals surface area contributed by atoms with E-state index >= 15 is 0 Å². The van der Waals surface area contributed by atoms with E-state index in [1.807, 2.05) is 0 Å². The average molecular weight is 273 g/mol. The van der Waals surface area contributed by atoms with Gasteiger partial charge in [-0.05, 0) is 25.0 Å². The van der Waals surface area contributed by atoms with Crippen LogP contribution in [0.4, 0.5) is 0 Å². The maximum absolute atomic E-state index is 11.3. The summed E-state index contributed by atoms with van der Waals surface area (Å²) in [6, 6.07) is 3.44. The van der Waals surface area contributed by atoms with Gasteiger partial charge in [0.25, 0.3) is 0 Å². The minimum Gasteiger partial charge on any atom is -0.481 e. The zero-order valence-electron chi connectivity index (χ0n) is 10.7. The lowest BCUT2D eigenvalue weighted by Gasteiger charge is -2.13. The molecule has 1 aromatic rings. The van der Waals surface area contributed by atoms with Crippen molar-refractivity contribution in [2.45, 2.75) is 25.9 Å². The van der Waals surface area contributed by atoms with E-state index in [4.69, 9.17) is 4.74 Å². The van der Waals surface area contributed by atoms with Crippen LogP contribution >= 0.6 is 0 Å². The van der Waals surface area contributed by atoms with Gasteiger partial charge >= 0.3 is 0 Å². The topological polar surface area (TPSA) is 76.5 Å². The van der Waals surface area contributed by atoms with Crippen LogP contribution in [-0.2, 0) is 9.84 Å². The first-order valence-corrected chi connectivity index (χ1v) is 7.69. The first-order chi connectivity index (χ1) is 8.50.